The van der Waals surface area contributed by atoms with E-state index in [1.54, 1.807) is 55.0 Å². The summed E-state index contributed by atoms with van der Waals surface area (Å²) in [6.45, 7) is -0.147. The molecule has 0 aliphatic heterocycles. The number of nitrogens with one attached hydrogen (secondary N) is 1. The molecule has 0 unspecified atom stereocenters. The molecule has 0 saturated heterocycles. The number of carbonyl (C=O) groups is 1. The van der Waals surface area contributed by atoms with Crippen molar-refractivity contribution in [2.75, 3.05) is 18.0 Å². The molecule has 9 heteroatoms. The number of benzene rings is 3. The van der Waals surface area contributed by atoms with E-state index in [2.05, 4.69) is 10.3 Å². The molecular formula is C25H24N4O4S. The molecule has 1 heterocycles. The number of para-hydroxylation sites is 1. The number of nitrogens with zero attached hydrogens (tertiary/aromatic N) is 3. The Kier molecular flexibility index (Phi) is 6.93. The van der Waals surface area contributed by atoms with Crippen molar-refractivity contribution in [2.24, 2.45) is 0 Å². The van der Waals surface area contributed by atoms with Crippen LogP contribution in [0.15, 0.2) is 102 Å². The topological polar surface area (TPSA) is 93.5 Å². The van der Waals surface area contributed by atoms with E-state index in [-0.39, 0.29) is 18.0 Å². The van der Waals surface area contributed by atoms with E-state index < -0.39 is 15.9 Å². The van der Waals surface area contributed by atoms with Crippen molar-refractivity contribution < 1.29 is 17.9 Å². The maximum absolute atomic E-state index is 13.4. The number of hydrogen-bond donors (Lipinski definition) is 1. The van der Waals surface area contributed by atoms with Crippen LogP contribution in [0, 0.1) is 0 Å². The summed E-state index contributed by atoms with van der Waals surface area (Å²) in [5, 5.41) is 2.84. The van der Waals surface area contributed by atoms with Gasteiger partial charge in [-0.05, 0) is 48.0 Å². The van der Waals surface area contributed by atoms with E-state index in [9.17, 15) is 13.2 Å². The zero-order valence-corrected chi connectivity index (χ0v) is 19.4. The van der Waals surface area contributed by atoms with Crippen LogP contribution in [0.1, 0.15) is 5.56 Å². The predicted molar refractivity (Wildman–Crippen MR) is 129 cm³/mol. The number of sulfonamides is 1. The summed E-state index contributed by atoms with van der Waals surface area (Å²) in [6, 6.07) is 22.2. The van der Waals surface area contributed by atoms with E-state index in [1.165, 1.54) is 19.2 Å². The quantitative estimate of drug-likeness (QED) is 0.400. The standard InChI is InChI=1S/C25H24N4O4S/c1-33-22-13-11-21(12-14-22)29(34(31,32)23-8-3-2-4-9-23)18-25(30)27-17-20-7-5-6-10-24(20)28-16-15-26-19-28/h2-16,19H,17-18H2,1H3,(H,27,30). The molecule has 0 fully saturated rings. The number of ether oxygens (including phenoxy) is 1. The minimum atomic E-state index is -3.98. The normalized spacial score (nSPS) is 11.1. The monoisotopic (exact) mass is 476 g/mol. The zero-order valence-electron chi connectivity index (χ0n) is 18.5. The first-order valence-corrected chi connectivity index (χ1v) is 12.0. The minimum Gasteiger partial charge on any atom is -0.497 e. The van der Waals surface area contributed by atoms with E-state index >= 15 is 0 Å². The summed E-state index contributed by atoms with van der Waals surface area (Å²) in [6.07, 6.45) is 5.17. The first kappa shape index (κ1) is 23.1. The van der Waals surface area contributed by atoms with Crippen LogP contribution in [0.25, 0.3) is 5.69 Å². The number of amides is 1. The molecule has 0 radical (unpaired) electrons. The number of carbonyl (C=O) groups excluding carboxylic acids is 1. The van der Waals surface area contributed by atoms with Crippen molar-refractivity contribution >= 4 is 21.6 Å². The second-order valence-corrected chi connectivity index (χ2v) is 9.26. The van der Waals surface area contributed by atoms with Gasteiger partial charge in [0.05, 0.1) is 29.7 Å². The SMILES string of the molecule is COc1ccc(N(CC(=O)NCc2ccccc2-n2ccnc2)S(=O)(=O)c2ccccc2)cc1. The lowest BCUT2D eigenvalue weighted by Gasteiger charge is -2.24. The van der Waals surface area contributed by atoms with E-state index in [0.717, 1.165) is 15.6 Å². The summed E-state index contributed by atoms with van der Waals surface area (Å²) in [4.78, 5) is 17.1. The Morgan fingerprint density at radius 1 is 1.00 bits per heavy atom. The molecule has 0 atom stereocenters. The van der Waals surface area contributed by atoms with Crippen LogP contribution < -0.4 is 14.4 Å². The maximum atomic E-state index is 13.4. The highest BCUT2D eigenvalue weighted by molar-refractivity contribution is 7.92. The summed E-state index contributed by atoms with van der Waals surface area (Å²) in [5.74, 6) is 0.150. The number of methoxy groups -OCH3 is 1. The third kappa shape index (κ3) is 5.10. The lowest BCUT2D eigenvalue weighted by atomic mass is 10.1. The highest BCUT2D eigenvalue weighted by Gasteiger charge is 2.27. The van der Waals surface area contributed by atoms with Gasteiger partial charge in [-0.25, -0.2) is 13.4 Å². The molecule has 0 saturated carbocycles. The summed E-state index contributed by atoms with van der Waals surface area (Å²) in [7, 11) is -2.45. The Morgan fingerprint density at radius 2 is 1.71 bits per heavy atom. The van der Waals surface area contributed by atoms with Crippen LogP contribution >= 0.6 is 0 Å². The Morgan fingerprint density at radius 3 is 2.38 bits per heavy atom. The molecular weight excluding hydrogens is 452 g/mol. The number of rotatable bonds is 9. The molecule has 0 bridgehead atoms. The van der Waals surface area contributed by atoms with Gasteiger partial charge in [0, 0.05) is 18.9 Å². The van der Waals surface area contributed by atoms with Crippen molar-refractivity contribution in [3.63, 3.8) is 0 Å². The number of anilines is 1. The largest absolute Gasteiger partial charge is 0.497 e. The number of hydrogen-bond acceptors (Lipinski definition) is 5. The van der Waals surface area contributed by atoms with Crippen molar-refractivity contribution in [1.82, 2.24) is 14.9 Å². The second-order valence-electron chi connectivity index (χ2n) is 7.40. The van der Waals surface area contributed by atoms with E-state index in [4.69, 9.17) is 4.74 Å². The van der Waals surface area contributed by atoms with Crippen LogP contribution in [0.5, 0.6) is 5.75 Å². The van der Waals surface area contributed by atoms with Gasteiger partial charge in [-0.15, -0.1) is 0 Å². The van der Waals surface area contributed by atoms with Crippen LogP contribution in [-0.2, 0) is 21.4 Å². The predicted octanol–water partition coefficient (Wildman–Crippen LogP) is 3.39. The molecule has 8 nitrogen and oxygen atoms in total. The highest BCUT2D eigenvalue weighted by atomic mass is 32.2. The maximum Gasteiger partial charge on any atom is 0.264 e. The van der Waals surface area contributed by atoms with E-state index in [0.29, 0.717) is 11.4 Å². The number of aromatic nitrogens is 2. The van der Waals surface area contributed by atoms with Gasteiger partial charge in [0.2, 0.25) is 5.91 Å². The summed E-state index contributed by atoms with van der Waals surface area (Å²) < 4.78 is 34.9. The van der Waals surface area contributed by atoms with Crippen molar-refractivity contribution in [3.05, 3.63) is 103 Å². The average Bonchev–Trinajstić information content (AvgIpc) is 3.42. The number of imidazole rings is 1. The second kappa shape index (κ2) is 10.2. The average molecular weight is 477 g/mol. The van der Waals surface area contributed by atoms with Gasteiger partial charge in [-0.2, -0.15) is 0 Å². The van der Waals surface area contributed by atoms with Crippen molar-refractivity contribution in [2.45, 2.75) is 11.4 Å². The summed E-state index contributed by atoms with van der Waals surface area (Å²) >= 11 is 0. The molecule has 0 aliphatic carbocycles. The Balaban J connectivity index is 1.57. The fraction of sp³-hybridized carbons (Fsp3) is 0.120. The van der Waals surface area contributed by atoms with Gasteiger partial charge in [-0.3, -0.25) is 9.10 Å². The molecule has 174 valence electrons. The van der Waals surface area contributed by atoms with Gasteiger partial charge in [-0.1, -0.05) is 36.4 Å². The Hall–Kier alpha value is -4.11. The van der Waals surface area contributed by atoms with Gasteiger partial charge in [0.1, 0.15) is 12.3 Å². The molecule has 4 rings (SSSR count). The molecule has 0 aliphatic rings. The van der Waals surface area contributed by atoms with Gasteiger partial charge in [0.25, 0.3) is 10.0 Å². The third-order valence-corrected chi connectivity index (χ3v) is 7.02. The molecule has 1 aromatic heterocycles. The molecule has 1 amide bonds. The molecule has 4 aromatic rings. The van der Waals surface area contributed by atoms with Gasteiger partial charge in [0.15, 0.2) is 0 Å². The smallest absolute Gasteiger partial charge is 0.264 e. The molecule has 3 aromatic carbocycles. The fourth-order valence-corrected chi connectivity index (χ4v) is 4.92. The lowest BCUT2D eigenvalue weighted by molar-refractivity contribution is -0.119. The first-order valence-electron chi connectivity index (χ1n) is 10.5. The Labute approximate surface area is 198 Å². The van der Waals surface area contributed by atoms with Crippen LogP contribution in [0.4, 0.5) is 5.69 Å². The van der Waals surface area contributed by atoms with Gasteiger partial charge < -0.3 is 14.6 Å². The lowest BCUT2D eigenvalue weighted by Crippen LogP contribution is -2.40. The first-order chi connectivity index (χ1) is 16.5. The molecule has 1 N–H and O–H groups in total. The molecule has 34 heavy (non-hydrogen) atoms. The minimum absolute atomic E-state index is 0.101. The Bertz CT molecular complexity index is 1340. The van der Waals surface area contributed by atoms with Crippen molar-refractivity contribution in [3.8, 4) is 11.4 Å². The summed E-state index contributed by atoms with van der Waals surface area (Å²) in [5.41, 5.74) is 2.11. The molecule has 0 spiro atoms. The highest BCUT2D eigenvalue weighted by Crippen LogP contribution is 2.25. The van der Waals surface area contributed by atoms with Crippen LogP contribution in [0.2, 0.25) is 0 Å². The third-order valence-electron chi connectivity index (χ3n) is 5.23. The van der Waals surface area contributed by atoms with Crippen LogP contribution in [-0.4, -0.2) is 37.5 Å². The fourth-order valence-electron chi connectivity index (χ4n) is 3.48. The zero-order chi connectivity index (χ0) is 24.0. The van der Waals surface area contributed by atoms with E-state index in [1.807, 2.05) is 35.0 Å². The van der Waals surface area contributed by atoms with Gasteiger partial charge >= 0.3 is 0 Å². The van der Waals surface area contributed by atoms with Crippen LogP contribution in [0.3, 0.4) is 0 Å². The van der Waals surface area contributed by atoms with Crippen molar-refractivity contribution in [1.29, 1.82) is 0 Å².